The molecule has 0 radical (unpaired) electrons. The quantitative estimate of drug-likeness (QED) is 0.946. The van der Waals surface area contributed by atoms with Crippen molar-refractivity contribution in [3.8, 4) is 0 Å². The van der Waals surface area contributed by atoms with Gasteiger partial charge in [0.05, 0.1) is 21.0 Å². The molecule has 2 aromatic rings. The third-order valence-electron chi connectivity index (χ3n) is 3.69. The molecule has 1 N–H and O–H groups in total. The van der Waals surface area contributed by atoms with Crippen molar-refractivity contribution < 1.29 is 8.42 Å². The normalized spacial score (nSPS) is 23.8. The predicted octanol–water partition coefficient (Wildman–Crippen LogP) is 2.67. The van der Waals surface area contributed by atoms with Crippen molar-refractivity contribution in [1.29, 1.82) is 0 Å². The SMILES string of the molecule is CS(=O)(=O)C1CCCC1Nc1ccc2ncsc2c1. The second-order valence-corrected chi connectivity index (χ2v) is 8.24. The molecule has 2 atom stereocenters. The maximum Gasteiger partial charge on any atom is 0.152 e. The van der Waals surface area contributed by atoms with E-state index in [1.54, 1.807) is 11.3 Å². The molecule has 3 rings (SSSR count). The summed E-state index contributed by atoms with van der Waals surface area (Å²) in [6.07, 6.45) is 3.99. The average Bonchev–Trinajstić information content (AvgIpc) is 2.95. The zero-order chi connectivity index (χ0) is 13.5. The fraction of sp³-hybridized carbons (Fsp3) is 0.462. The Balaban J connectivity index is 1.84. The Morgan fingerprint density at radius 2 is 2.21 bits per heavy atom. The number of thiazole rings is 1. The lowest BCUT2D eigenvalue weighted by molar-refractivity contribution is 0.579. The van der Waals surface area contributed by atoms with Crippen LogP contribution in [-0.2, 0) is 9.84 Å². The van der Waals surface area contributed by atoms with E-state index in [4.69, 9.17) is 0 Å². The molecule has 1 saturated carbocycles. The summed E-state index contributed by atoms with van der Waals surface area (Å²) in [6, 6.07) is 6.02. The molecule has 1 fully saturated rings. The minimum absolute atomic E-state index is 0.0281. The molecule has 1 aliphatic carbocycles. The van der Waals surface area contributed by atoms with E-state index in [1.165, 1.54) is 6.26 Å². The van der Waals surface area contributed by atoms with E-state index < -0.39 is 9.84 Å². The van der Waals surface area contributed by atoms with Crippen molar-refractivity contribution in [1.82, 2.24) is 4.98 Å². The van der Waals surface area contributed by atoms with Crippen LogP contribution in [-0.4, -0.2) is 30.9 Å². The van der Waals surface area contributed by atoms with Gasteiger partial charge in [0.2, 0.25) is 0 Å². The lowest BCUT2D eigenvalue weighted by Gasteiger charge is -2.20. The standard InChI is InChI=1S/C13H16N2O2S2/c1-19(16,17)13-4-2-3-11(13)15-9-5-6-10-12(7-9)18-8-14-10/h5-8,11,13,15H,2-4H2,1H3. The summed E-state index contributed by atoms with van der Waals surface area (Å²) < 4.78 is 24.6. The summed E-state index contributed by atoms with van der Waals surface area (Å²) in [6.45, 7) is 0. The number of nitrogens with one attached hydrogen (secondary N) is 1. The minimum Gasteiger partial charge on any atom is -0.381 e. The highest BCUT2D eigenvalue weighted by molar-refractivity contribution is 7.91. The number of benzene rings is 1. The van der Waals surface area contributed by atoms with Gasteiger partial charge in [-0.15, -0.1) is 11.3 Å². The largest absolute Gasteiger partial charge is 0.381 e. The Hall–Kier alpha value is -1.14. The molecule has 102 valence electrons. The average molecular weight is 296 g/mol. The molecule has 4 nitrogen and oxygen atoms in total. The number of rotatable bonds is 3. The van der Waals surface area contributed by atoms with Crippen molar-refractivity contribution in [3.63, 3.8) is 0 Å². The third-order valence-corrected chi connectivity index (χ3v) is 6.14. The Labute approximate surface area is 116 Å². The first kappa shape index (κ1) is 12.9. The van der Waals surface area contributed by atoms with Crippen LogP contribution in [0.3, 0.4) is 0 Å². The predicted molar refractivity (Wildman–Crippen MR) is 79.5 cm³/mol. The van der Waals surface area contributed by atoms with Crippen LogP contribution in [0.25, 0.3) is 10.2 Å². The third kappa shape index (κ3) is 2.60. The summed E-state index contributed by atoms with van der Waals surface area (Å²) in [5.74, 6) is 0. The number of nitrogens with zero attached hydrogens (tertiary/aromatic N) is 1. The van der Waals surface area contributed by atoms with E-state index >= 15 is 0 Å². The van der Waals surface area contributed by atoms with Crippen LogP contribution in [0.15, 0.2) is 23.7 Å². The summed E-state index contributed by atoms with van der Waals surface area (Å²) in [4.78, 5) is 4.24. The maximum absolute atomic E-state index is 11.8. The van der Waals surface area contributed by atoms with Crippen LogP contribution < -0.4 is 5.32 Å². The number of sulfone groups is 1. The molecule has 1 aliphatic rings. The first-order valence-electron chi connectivity index (χ1n) is 6.33. The molecule has 0 saturated heterocycles. The van der Waals surface area contributed by atoms with Gasteiger partial charge in [-0.2, -0.15) is 0 Å². The number of aromatic nitrogens is 1. The molecule has 1 aromatic carbocycles. The lowest BCUT2D eigenvalue weighted by atomic mass is 10.2. The van der Waals surface area contributed by atoms with Crippen LogP contribution >= 0.6 is 11.3 Å². The molecule has 0 bridgehead atoms. The van der Waals surface area contributed by atoms with Gasteiger partial charge in [-0.3, -0.25) is 0 Å². The maximum atomic E-state index is 11.8. The zero-order valence-corrected chi connectivity index (χ0v) is 12.3. The summed E-state index contributed by atoms with van der Waals surface area (Å²) in [5.41, 5.74) is 3.79. The van der Waals surface area contributed by atoms with E-state index in [2.05, 4.69) is 10.3 Å². The molecule has 0 spiro atoms. The van der Waals surface area contributed by atoms with Gasteiger partial charge in [-0.25, -0.2) is 13.4 Å². The van der Waals surface area contributed by atoms with Crippen molar-refractivity contribution in [2.24, 2.45) is 0 Å². The number of fused-ring (bicyclic) bond motifs is 1. The van der Waals surface area contributed by atoms with Gasteiger partial charge in [0.25, 0.3) is 0 Å². The number of hydrogen-bond acceptors (Lipinski definition) is 5. The fourth-order valence-electron chi connectivity index (χ4n) is 2.76. The van der Waals surface area contributed by atoms with Crippen LogP contribution in [0.5, 0.6) is 0 Å². The Bertz CT molecular complexity index is 693. The highest BCUT2D eigenvalue weighted by atomic mass is 32.2. The van der Waals surface area contributed by atoms with Crippen molar-refractivity contribution >= 4 is 37.1 Å². The second kappa shape index (κ2) is 4.76. The van der Waals surface area contributed by atoms with Gasteiger partial charge in [0, 0.05) is 18.0 Å². The monoisotopic (exact) mass is 296 g/mol. The number of hydrogen-bond donors (Lipinski definition) is 1. The van der Waals surface area contributed by atoms with Gasteiger partial charge >= 0.3 is 0 Å². The molecule has 0 aliphatic heterocycles. The first-order valence-corrected chi connectivity index (χ1v) is 9.16. The van der Waals surface area contributed by atoms with Crippen molar-refractivity contribution in [2.45, 2.75) is 30.6 Å². The van der Waals surface area contributed by atoms with E-state index in [0.29, 0.717) is 0 Å². The number of anilines is 1. The molecule has 1 heterocycles. The highest BCUT2D eigenvalue weighted by Gasteiger charge is 2.34. The fourth-order valence-corrected chi connectivity index (χ4v) is 4.87. The first-order chi connectivity index (χ1) is 9.04. The van der Waals surface area contributed by atoms with E-state index in [1.807, 2.05) is 23.7 Å². The Morgan fingerprint density at radius 3 is 3.00 bits per heavy atom. The van der Waals surface area contributed by atoms with Gasteiger partial charge < -0.3 is 5.32 Å². The summed E-state index contributed by atoms with van der Waals surface area (Å²) in [7, 11) is -2.98. The second-order valence-electron chi connectivity index (χ2n) is 5.08. The Kier molecular flexibility index (Phi) is 3.22. The molecular weight excluding hydrogens is 280 g/mol. The Morgan fingerprint density at radius 1 is 1.37 bits per heavy atom. The van der Waals surface area contributed by atoms with Gasteiger partial charge in [-0.1, -0.05) is 0 Å². The van der Waals surface area contributed by atoms with Crippen molar-refractivity contribution in [3.05, 3.63) is 23.7 Å². The lowest BCUT2D eigenvalue weighted by Crippen LogP contribution is -2.34. The van der Waals surface area contributed by atoms with Crippen LogP contribution in [0.1, 0.15) is 19.3 Å². The summed E-state index contributed by atoms with van der Waals surface area (Å²) >= 11 is 1.60. The van der Waals surface area contributed by atoms with Crippen LogP contribution in [0.4, 0.5) is 5.69 Å². The molecule has 6 heteroatoms. The van der Waals surface area contributed by atoms with E-state index in [-0.39, 0.29) is 11.3 Å². The van der Waals surface area contributed by atoms with Crippen LogP contribution in [0.2, 0.25) is 0 Å². The van der Waals surface area contributed by atoms with Gasteiger partial charge in [0.1, 0.15) is 0 Å². The van der Waals surface area contributed by atoms with E-state index in [9.17, 15) is 8.42 Å². The molecule has 19 heavy (non-hydrogen) atoms. The molecule has 2 unspecified atom stereocenters. The summed E-state index contributed by atoms with van der Waals surface area (Å²) in [5, 5.41) is 3.12. The minimum atomic E-state index is -2.98. The topological polar surface area (TPSA) is 59.1 Å². The molecular formula is C13H16N2O2S2. The van der Waals surface area contributed by atoms with Gasteiger partial charge in [0.15, 0.2) is 9.84 Å². The zero-order valence-electron chi connectivity index (χ0n) is 10.7. The van der Waals surface area contributed by atoms with Crippen LogP contribution in [0, 0.1) is 0 Å². The van der Waals surface area contributed by atoms with Crippen molar-refractivity contribution in [2.75, 3.05) is 11.6 Å². The molecule has 1 aromatic heterocycles. The smallest absolute Gasteiger partial charge is 0.152 e. The highest BCUT2D eigenvalue weighted by Crippen LogP contribution is 2.29. The van der Waals surface area contributed by atoms with Gasteiger partial charge in [-0.05, 0) is 37.5 Å². The molecule has 0 amide bonds. The van der Waals surface area contributed by atoms with E-state index in [0.717, 1.165) is 35.2 Å².